The number of benzene rings is 2. The maximum absolute atomic E-state index is 13.5. The van der Waals surface area contributed by atoms with Gasteiger partial charge in [0.1, 0.15) is 58.6 Å². The van der Waals surface area contributed by atoms with Crippen LogP contribution in [0.4, 0.5) is 0 Å². The minimum atomic E-state index is -1.98. The third-order valence-corrected chi connectivity index (χ3v) is 7.04. The molecule has 42 heavy (non-hydrogen) atoms. The number of rotatable bonds is 7. The fraction of sp³-hybridized carbons (Fsp3) is 0.423. The van der Waals surface area contributed by atoms with Crippen LogP contribution in [0.1, 0.15) is 0 Å². The summed E-state index contributed by atoms with van der Waals surface area (Å²) < 4.78 is 27.3. The normalized spacial score (nSPS) is 31.4. The summed E-state index contributed by atoms with van der Waals surface area (Å²) in [6, 6.07) is 5.38. The summed E-state index contributed by atoms with van der Waals surface area (Å²) in [6.45, 7) is -2.05. The summed E-state index contributed by atoms with van der Waals surface area (Å²) >= 11 is 0. The molecule has 3 aromatic rings. The van der Waals surface area contributed by atoms with Crippen LogP contribution in [-0.4, -0.2) is 120 Å². The Balaban J connectivity index is 1.56. The zero-order valence-corrected chi connectivity index (χ0v) is 21.5. The smallest absolute Gasteiger partial charge is 0.239 e. The Bertz CT molecular complexity index is 1520. The first-order valence-electron chi connectivity index (χ1n) is 12.5. The standard InChI is InChI=1S/C26H28O16/c27-6-15-17(32)19(34)20(35)24(41-15)42-22-18(33)16-12(31)4-10(29)5-14(16)39-21(22)9-1-2-13(11(30)3-9)40-25-23(36)26(37,7-28)8-38-25/h1-5,15,17,19-20,23-25,27-32,34-37H,6-8H2/t15-,17-,19+,20-,23+,24+,25+,26-/m1/s1. The Labute approximate surface area is 235 Å². The zero-order valence-electron chi connectivity index (χ0n) is 21.5. The Kier molecular flexibility index (Phi) is 7.92. The summed E-state index contributed by atoms with van der Waals surface area (Å²) in [5, 5.41) is 100. The molecule has 228 valence electrons. The van der Waals surface area contributed by atoms with E-state index in [1.807, 2.05) is 0 Å². The van der Waals surface area contributed by atoms with Crippen LogP contribution < -0.4 is 14.9 Å². The molecule has 2 fully saturated rings. The molecular formula is C26H28O16. The minimum Gasteiger partial charge on any atom is -0.508 e. The predicted molar refractivity (Wildman–Crippen MR) is 136 cm³/mol. The fourth-order valence-corrected chi connectivity index (χ4v) is 4.62. The second kappa shape index (κ2) is 11.2. The summed E-state index contributed by atoms with van der Waals surface area (Å²) in [5.41, 5.74) is -3.37. The van der Waals surface area contributed by atoms with E-state index in [1.54, 1.807) is 0 Å². The molecule has 5 rings (SSSR count). The lowest BCUT2D eigenvalue weighted by Gasteiger charge is -2.39. The van der Waals surface area contributed by atoms with Crippen LogP contribution >= 0.6 is 0 Å². The first kappa shape index (κ1) is 29.8. The van der Waals surface area contributed by atoms with Crippen LogP contribution in [0.25, 0.3) is 22.3 Å². The molecule has 16 nitrogen and oxygen atoms in total. The van der Waals surface area contributed by atoms with Crippen molar-refractivity contribution in [3.63, 3.8) is 0 Å². The molecule has 16 heteroatoms. The molecule has 1 aromatic heterocycles. The molecule has 0 aliphatic carbocycles. The first-order valence-corrected chi connectivity index (χ1v) is 12.5. The molecule has 2 aliphatic rings. The number of aliphatic hydroxyl groups is 7. The number of hydrogen-bond donors (Lipinski definition) is 10. The number of fused-ring (bicyclic) bond motifs is 1. The second-order valence-corrected chi connectivity index (χ2v) is 9.93. The van der Waals surface area contributed by atoms with Crippen molar-refractivity contribution in [2.24, 2.45) is 0 Å². The Morgan fingerprint density at radius 1 is 0.905 bits per heavy atom. The molecule has 0 unspecified atom stereocenters. The van der Waals surface area contributed by atoms with Gasteiger partial charge in [0, 0.05) is 17.7 Å². The number of aromatic hydroxyl groups is 3. The van der Waals surface area contributed by atoms with Gasteiger partial charge in [-0.2, -0.15) is 0 Å². The highest BCUT2D eigenvalue weighted by Gasteiger charge is 2.49. The van der Waals surface area contributed by atoms with Gasteiger partial charge < -0.3 is 74.4 Å². The summed E-state index contributed by atoms with van der Waals surface area (Å²) in [5.74, 6) is -3.08. The number of ether oxygens (including phenoxy) is 4. The SMILES string of the molecule is O=c1c(O[C@@H]2O[C@H](CO)[C@@H](O)[C@H](O)[C@H]2O)c(-c2ccc(O[C@@H]3OC[C@](O)(CO)[C@H]3O)c(O)c2)oc2cc(O)cc(O)c12. The lowest BCUT2D eigenvalue weighted by atomic mass is 9.99. The largest absolute Gasteiger partial charge is 0.508 e. The molecule has 2 saturated heterocycles. The molecular weight excluding hydrogens is 568 g/mol. The van der Waals surface area contributed by atoms with Gasteiger partial charge in [0.15, 0.2) is 17.3 Å². The van der Waals surface area contributed by atoms with Gasteiger partial charge in [-0.3, -0.25) is 4.79 Å². The van der Waals surface area contributed by atoms with Crippen molar-refractivity contribution in [3.8, 4) is 40.1 Å². The monoisotopic (exact) mass is 596 g/mol. The van der Waals surface area contributed by atoms with Gasteiger partial charge in [0.2, 0.25) is 23.8 Å². The average Bonchev–Trinajstić information content (AvgIpc) is 3.24. The van der Waals surface area contributed by atoms with Crippen LogP contribution in [0.2, 0.25) is 0 Å². The molecule has 10 N–H and O–H groups in total. The number of phenolic OH excluding ortho intramolecular Hbond substituents is 3. The van der Waals surface area contributed by atoms with Gasteiger partial charge in [-0.25, -0.2) is 0 Å². The topological polar surface area (TPSA) is 269 Å². The van der Waals surface area contributed by atoms with E-state index < -0.39 is 108 Å². The van der Waals surface area contributed by atoms with Crippen molar-refractivity contribution in [3.05, 3.63) is 40.6 Å². The van der Waals surface area contributed by atoms with Crippen LogP contribution in [0.3, 0.4) is 0 Å². The van der Waals surface area contributed by atoms with Gasteiger partial charge in [0.25, 0.3) is 0 Å². The van der Waals surface area contributed by atoms with Crippen LogP contribution in [0, 0.1) is 0 Å². The highest BCUT2D eigenvalue weighted by atomic mass is 16.7. The van der Waals surface area contributed by atoms with Crippen LogP contribution in [0.15, 0.2) is 39.5 Å². The molecule has 0 amide bonds. The summed E-state index contributed by atoms with van der Waals surface area (Å²) in [7, 11) is 0. The average molecular weight is 596 g/mol. The quantitative estimate of drug-likeness (QED) is 0.136. The Morgan fingerprint density at radius 2 is 1.64 bits per heavy atom. The third-order valence-electron chi connectivity index (χ3n) is 7.04. The van der Waals surface area contributed by atoms with E-state index >= 15 is 0 Å². The van der Waals surface area contributed by atoms with Crippen LogP contribution in [0.5, 0.6) is 28.7 Å². The van der Waals surface area contributed by atoms with E-state index in [-0.39, 0.29) is 16.9 Å². The predicted octanol–water partition coefficient (Wildman–Crippen LogP) is -2.43. The highest BCUT2D eigenvalue weighted by molar-refractivity contribution is 5.88. The van der Waals surface area contributed by atoms with Crippen molar-refractivity contribution in [2.75, 3.05) is 19.8 Å². The lowest BCUT2D eigenvalue weighted by molar-refractivity contribution is -0.277. The Morgan fingerprint density at radius 3 is 2.29 bits per heavy atom. The molecule has 3 heterocycles. The third kappa shape index (κ3) is 5.08. The zero-order chi connectivity index (χ0) is 30.5. The van der Waals surface area contributed by atoms with Crippen molar-refractivity contribution >= 4 is 11.0 Å². The molecule has 0 radical (unpaired) electrons. The summed E-state index contributed by atoms with van der Waals surface area (Å²) in [6.07, 6.45) is -11.8. The van der Waals surface area contributed by atoms with Gasteiger partial charge >= 0.3 is 0 Å². The number of aliphatic hydroxyl groups excluding tert-OH is 6. The van der Waals surface area contributed by atoms with E-state index in [1.165, 1.54) is 12.1 Å². The number of hydrogen-bond acceptors (Lipinski definition) is 16. The minimum absolute atomic E-state index is 0.0546. The van der Waals surface area contributed by atoms with Crippen molar-refractivity contribution < 1.29 is 74.4 Å². The fourth-order valence-electron chi connectivity index (χ4n) is 4.62. The Hall–Kier alpha value is -3.71. The van der Waals surface area contributed by atoms with Gasteiger partial charge in [-0.1, -0.05) is 0 Å². The van der Waals surface area contributed by atoms with Crippen LogP contribution in [-0.2, 0) is 9.47 Å². The van der Waals surface area contributed by atoms with Gasteiger partial charge in [0.05, 0.1) is 19.8 Å². The second-order valence-electron chi connectivity index (χ2n) is 9.93. The van der Waals surface area contributed by atoms with Crippen molar-refractivity contribution in [2.45, 2.75) is 48.7 Å². The van der Waals surface area contributed by atoms with E-state index in [9.17, 15) is 55.9 Å². The maximum Gasteiger partial charge on any atom is 0.239 e. The highest BCUT2D eigenvalue weighted by Crippen LogP contribution is 2.40. The van der Waals surface area contributed by atoms with E-state index in [4.69, 9.17) is 23.4 Å². The van der Waals surface area contributed by atoms with E-state index in [2.05, 4.69) is 0 Å². The molecule has 8 atom stereocenters. The number of phenols is 3. The molecule has 0 spiro atoms. The van der Waals surface area contributed by atoms with E-state index in [0.29, 0.717) is 0 Å². The molecule has 0 saturated carbocycles. The van der Waals surface area contributed by atoms with E-state index in [0.717, 1.165) is 18.2 Å². The van der Waals surface area contributed by atoms with Crippen molar-refractivity contribution in [1.82, 2.24) is 0 Å². The molecule has 2 aliphatic heterocycles. The lowest BCUT2D eigenvalue weighted by Crippen LogP contribution is -2.60. The summed E-state index contributed by atoms with van der Waals surface area (Å²) in [4.78, 5) is 13.5. The van der Waals surface area contributed by atoms with Gasteiger partial charge in [-0.05, 0) is 18.2 Å². The van der Waals surface area contributed by atoms with Crippen molar-refractivity contribution in [1.29, 1.82) is 0 Å². The molecule has 2 aromatic carbocycles. The molecule has 0 bridgehead atoms. The maximum atomic E-state index is 13.5. The van der Waals surface area contributed by atoms with Gasteiger partial charge in [-0.15, -0.1) is 0 Å². The first-order chi connectivity index (χ1) is 19.9.